The average Bonchev–Trinajstić information content (AvgIpc) is 2.85. The number of aromatic nitrogens is 2. The van der Waals surface area contributed by atoms with E-state index in [1.165, 1.54) is 21.7 Å². The smallest absolute Gasteiger partial charge is 0.0700 e. The van der Waals surface area contributed by atoms with Gasteiger partial charge in [-0.15, -0.1) is 11.3 Å². The van der Waals surface area contributed by atoms with E-state index in [9.17, 15) is 0 Å². The first kappa shape index (κ1) is 11.4. The van der Waals surface area contributed by atoms with Crippen LogP contribution >= 0.6 is 11.3 Å². The fourth-order valence-electron chi connectivity index (χ4n) is 1.83. The Kier molecular flexibility index (Phi) is 3.41. The fraction of sp³-hybridized carbons (Fsp3) is 0.417. The Hall–Kier alpha value is -1.13. The van der Waals surface area contributed by atoms with Crippen molar-refractivity contribution in [3.8, 4) is 11.1 Å². The number of nitrogens with zero attached hydrogens (tertiary/aromatic N) is 2. The molecule has 2 rings (SSSR count). The number of nitrogens with one attached hydrogen (secondary N) is 1. The van der Waals surface area contributed by atoms with Crippen LogP contribution in [-0.4, -0.2) is 16.8 Å². The van der Waals surface area contributed by atoms with Gasteiger partial charge in [-0.05, 0) is 30.5 Å². The zero-order chi connectivity index (χ0) is 11.5. The Morgan fingerprint density at radius 3 is 3.00 bits per heavy atom. The summed E-state index contributed by atoms with van der Waals surface area (Å²) in [5.74, 6) is 0. The summed E-state index contributed by atoms with van der Waals surface area (Å²) in [7, 11) is 3.95. The van der Waals surface area contributed by atoms with Crippen LogP contribution in [-0.2, 0) is 20.0 Å². The predicted octanol–water partition coefficient (Wildman–Crippen LogP) is 2.43. The lowest BCUT2D eigenvalue weighted by molar-refractivity contribution is 0.746. The van der Waals surface area contributed by atoms with Gasteiger partial charge in [-0.25, -0.2) is 0 Å². The molecule has 0 saturated heterocycles. The van der Waals surface area contributed by atoms with Gasteiger partial charge in [0, 0.05) is 30.2 Å². The van der Waals surface area contributed by atoms with Crippen LogP contribution in [0, 0.1) is 0 Å². The molecule has 0 aromatic carbocycles. The molecule has 0 unspecified atom stereocenters. The summed E-state index contributed by atoms with van der Waals surface area (Å²) >= 11 is 1.80. The lowest BCUT2D eigenvalue weighted by Gasteiger charge is -1.95. The van der Waals surface area contributed by atoms with Crippen LogP contribution in [0.2, 0.25) is 0 Å². The SMILES string of the molecule is CCc1nn(C)cc1-c1csc(CNC)c1. The van der Waals surface area contributed by atoms with E-state index in [0.29, 0.717) is 0 Å². The summed E-state index contributed by atoms with van der Waals surface area (Å²) in [6.45, 7) is 3.08. The third kappa shape index (κ3) is 2.18. The van der Waals surface area contributed by atoms with Crippen molar-refractivity contribution in [2.24, 2.45) is 7.05 Å². The Morgan fingerprint density at radius 2 is 2.31 bits per heavy atom. The van der Waals surface area contributed by atoms with E-state index in [1.807, 2.05) is 18.8 Å². The Balaban J connectivity index is 2.34. The maximum Gasteiger partial charge on any atom is 0.0700 e. The summed E-state index contributed by atoms with van der Waals surface area (Å²) in [4.78, 5) is 1.36. The van der Waals surface area contributed by atoms with Gasteiger partial charge in [0.2, 0.25) is 0 Å². The predicted molar refractivity (Wildman–Crippen MR) is 68.7 cm³/mol. The van der Waals surface area contributed by atoms with Crippen molar-refractivity contribution >= 4 is 11.3 Å². The van der Waals surface area contributed by atoms with Crippen molar-refractivity contribution in [1.29, 1.82) is 0 Å². The summed E-state index contributed by atoms with van der Waals surface area (Å²) < 4.78 is 1.89. The molecule has 4 heteroatoms. The lowest BCUT2D eigenvalue weighted by Crippen LogP contribution is -2.02. The van der Waals surface area contributed by atoms with E-state index in [1.54, 1.807) is 11.3 Å². The van der Waals surface area contributed by atoms with Crippen LogP contribution in [0.1, 0.15) is 17.5 Å². The van der Waals surface area contributed by atoms with Gasteiger partial charge in [-0.3, -0.25) is 4.68 Å². The summed E-state index contributed by atoms with van der Waals surface area (Å²) in [5.41, 5.74) is 3.74. The molecule has 0 radical (unpaired) electrons. The molecule has 3 nitrogen and oxygen atoms in total. The van der Waals surface area contributed by atoms with Gasteiger partial charge in [0.25, 0.3) is 0 Å². The highest BCUT2D eigenvalue weighted by Crippen LogP contribution is 2.28. The standard InChI is InChI=1S/C12H17N3S/c1-4-12-11(7-15(3)14-12)9-5-10(6-13-2)16-8-9/h5,7-8,13H,4,6H2,1-3H3. The molecule has 0 amide bonds. The monoisotopic (exact) mass is 235 g/mol. The van der Waals surface area contributed by atoms with Gasteiger partial charge in [0.05, 0.1) is 5.69 Å². The van der Waals surface area contributed by atoms with Crippen LogP contribution in [0.15, 0.2) is 17.6 Å². The third-order valence-corrected chi connectivity index (χ3v) is 3.49. The van der Waals surface area contributed by atoms with E-state index in [4.69, 9.17) is 0 Å². The van der Waals surface area contributed by atoms with Crippen LogP contribution in [0.25, 0.3) is 11.1 Å². The molecule has 2 aromatic heterocycles. The number of hydrogen-bond donors (Lipinski definition) is 1. The number of aryl methyl sites for hydroxylation is 2. The summed E-state index contributed by atoms with van der Waals surface area (Å²) in [6, 6.07) is 2.25. The Morgan fingerprint density at radius 1 is 1.50 bits per heavy atom. The van der Waals surface area contributed by atoms with Crippen molar-refractivity contribution in [3.05, 3.63) is 28.2 Å². The molecule has 0 fully saturated rings. The van der Waals surface area contributed by atoms with Crippen molar-refractivity contribution in [2.75, 3.05) is 7.05 Å². The lowest BCUT2D eigenvalue weighted by atomic mass is 10.1. The minimum absolute atomic E-state index is 0.937. The molecular weight excluding hydrogens is 218 g/mol. The minimum Gasteiger partial charge on any atom is -0.315 e. The van der Waals surface area contributed by atoms with E-state index < -0.39 is 0 Å². The molecule has 0 aliphatic heterocycles. The molecule has 86 valence electrons. The molecule has 2 heterocycles. The molecule has 0 spiro atoms. The second-order valence-corrected chi connectivity index (χ2v) is 4.84. The van der Waals surface area contributed by atoms with Crippen LogP contribution in [0.4, 0.5) is 0 Å². The number of rotatable bonds is 4. The Labute approximate surface area is 100 Å². The highest BCUT2D eigenvalue weighted by atomic mass is 32.1. The molecule has 0 aliphatic carbocycles. The van der Waals surface area contributed by atoms with E-state index in [-0.39, 0.29) is 0 Å². The van der Waals surface area contributed by atoms with Crippen molar-refractivity contribution in [3.63, 3.8) is 0 Å². The quantitative estimate of drug-likeness (QED) is 0.882. The number of thiophene rings is 1. The van der Waals surface area contributed by atoms with Gasteiger partial charge in [-0.1, -0.05) is 6.92 Å². The van der Waals surface area contributed by atoms with Gasteiger partial charge < -0.3 is 5.32 Å². The molecule has 2 aromatic rings. The van der Waals surface area contributed by atoms with Gasteiger partial charge in [-0.2, -0.15) is 5.10 Å². The topological polar surface area (TPSA) is 29.9 Å². The van der Waals surface area contributed by atoms with Gasteiger partial charge >= 0.3 is 0 Å². The van der Waals surface area contributed by atoms with Gasteiger partial charge in [0.1, 0.15) is 0 Å². The molecule has 16 heavy (non-hydrogen) atoms. The maximum absolute atomic E-state index is 4.47. The first-order valence-electron chi connectivity index (χ1n) is 5.49. The molecule has 0 saturated carbocycles. The zero-order valence-corrected chi connectivity index (χ0v) is 10.8. The minimum atomic E-state index is 0.937. The highest BCUT2D eigenvalue weighted by molar-refractivity contribution is 7.10. The molecule has 0 atom stereocenters. The first-order chi connectivity index (χ1) is 7.74. The van der Waals surface area contributed by atoms with Crippen LogP contribution < -0.4 is 5.32 Å². The molecule has 0 bridgehead atoms. The van der Waals surface area contributed by atoms with Crippen molar-refractivity contribution in [2.45, 2.75) is 19.9 Å². The summed E-state index contributed by atoms with van der Waals surface area (Å²) in [5, 5.41) is 9.85. The fourth-order valence-corrected chi connectivity index (χ4v) is 2.72. The summed E-state index contributed by atoms with van der Waals surface area (Å²) in [6.07, 6.45) is 3.08. The van der Waals surface area contributed by atoms with Crippen molar-refractivity contribution in [1.82, 2.24) is 15.1 Å². The van der Waals surface area contributed by atoms with Gasteiger partial charge in [0.15, 0.2) is 0 Å². The largest absolute Gasteiger partial charge is 0.315 e. The number of hydrogen-bond acceptors (Lipinski definition) is 3. The second-order valence-electron chi connectivity index (χ2n) is 3.85. The van der Waals surface area contributed by atoms with Crippen LogP contribution in [0.5, 0.6) is 0 Å². The first-order valence-corrected chi connectivity index (χ1v) is 6.37. The van der Waals surface area contributed by atoms with E-state index >= 15 is 0 Å². The normalized spacial score (nSPS) is 10.9. The zero-order valence-electron chi connectivity index (χ0n) is 9.95. The Bertz CT molecular complexity index is 470. The van der Waals surface area contributed by atoms with Crippen molar-refractivity contribution < 1.29 is 0 Å². The second kappa shape index (κ2) is 4.80. The van der Waals surface area contributed by atoms with E-state index in [2.05, 4.69) is 35.0 Å². The average molecular weight is 235 g/mol. The van der Waals surface area contributed by atoms with E-state index in [0.717, 1.165) is 13.0 Å². The molecule has 1 N–H and O–H groups in total. The van der Waals surface area contributed by atoms with Crippen LogP contribution in [0.3, 0.4) is 0 Å². The maximum atomic E-state index is 4.47. The third-order valence-electron chi connectivity index (χ3n) is 2.56. The molecule has 0 aliphatic rings. The highest BCUT2D eigenvalue weighted by Gasteiger charge is 2.09. The molecular formula is C12H17N3S.